The Labute approximate surface area is 191 Å². The molecule has 2 aromatic rings. The lowest BCUT2D eigenvalue weighted by Crippen LogP contribution is -2.39. The SMILES string of the molecule is CCN(CC)S(=O)(=O)c1ccc(Oc2cccc(C)c2)c(NC(C)C(=O)N2CCCC2)c1. The van der Waals surface area contributed by atoms with Gasteiger partial charge in [-0.15, -0.1) is 0 Å². The van der Waals surface area contributed by atoms with E-state index >= 15 is 0 Å². The number of carbonyl (C=O) groups is 1. The third-order valence-electron chi connectivity index (χ3n) is 5.67. The molecule has 1 amide bonds. The lowest BCUT2D eigenvalue weighted by molar-refractivity contribution is -0.130. The first-order valence-corrected chi connectivity index (χ1v) is 12.6. The van der Waals surface area contributed by atoms with Crippen LogP contribution < -0.4 is 10.1 Å². The third-order valence-corrected chi connectivity index (χ3v) is 7.72. The largest absolute Gasteiger partial charge is 0.455 e. The fourth-order valence-electron chi connectivity index (χ4n) is 3.90. The number of benzene rings is 2. The van der Waals surface area contributed by atoms with E-state index in [2.05, 4.69) is 5.32 Å². The van der Waals surface area contributed by atoms with Crippen molar-refractivity contribution >= 4 is 21.6 Å². The lowest BCUT2D eigenvalue weighted by Gasteiger charge is -2.24. The second kappa shape index (κ2) is 10.4. The van der Waals surface area contributed by atoms with Crippen LogP contribution >= 0.6 is 0 Å². The minimum absolute atomic E-state index is 0.000934. The van der Waals surface area contributed by atoms with E-state index < -0.39 is 16.1 Å². The van der Waals surface area contributed by atoms with Crippen LogP contribution in [-0.4, -0.2) is 55.8 Å². The summed E-state index contributed by atoms with van der Waals surface area (Å²) >= 11 is 0. The number of hydrogen-bond donors (Lipinski definition) is 1. The highest BCUT2D eigenvalue weighted by atomic mass is 32.2. The minimum Gasteiger partial charge on any atom is -0.455 e. The number of carbonyl (C=O) groups excluding carboxylic acids is 1. The molecule has 1 heterocycles. The van der Waals surface area contributed by atoms with Gasteiger partial charge in [0.2, 0.25) is 15.9 Å². The molecule has 0 saturated carbocycles. The highest BCUT2D eigenvalue weighted by Gasteiger charge is 2.26. The van der Waals surface area contributed by atoms with E-state index in [0.29, 0.717) is 30.3 Å². The topological polar surface area (TPSA) is 79.0 Å². The zero-order valence-electron chi connectivity index (χ0n) is 19.3. The fourth-order valence-corrected chi connectivity index (χ4v) is 5.38. The summed E-state index contributed by atoms with van der Waals surface area (Å²) in [5.41, 5.74) is 1.52. The number of nitrogens with zero attached hydrogens (tertiary/aromatic N) is 2. The number of ether oxygens (including phenoxy) is 1. The molecule has 3 rings (SSSR count). The molecule has 1 fully saturated rings. The maximum Gasteiger partial charge on any atom is 0.244 e. The molecule has 0 spiro atoms. The second-order valence-electron chi connectivity index (χ2n) is 8.06. The summed E-state index contributed by atoms with van der Waals surface area (Å²) in [7, 11) is -3.65. The van der Waals surface area contributed by atoms with Gasteiger partial charge in [-0.1, -0.05) is 26.0 Å². The Kier molecular flexibility index (Phi) is 7.79. The van der Waals surface area contributed by atoms with Crippen LogP contribution in [0.15, 0.2) is 47.4 Å². The van der Waals surface area contributed by atoms with Crippen LogP contribution in [0.25, 0.3) is 0 Å². The predicted octanol–water partition coefficient (Wildman–Crippen LogP) is 4.24. The van der Waals surface area contributed by atoms with Gasteiger partial charge in [0.1, 0.15) is 11.8 Å². The maximum atomic E-state index is 13.1. The number of hydrogen-bond acceptors (Lipinski definition) is 5. The van der Waals surface area contributed by atoms with E-state index in [4.69, 9.17) is 4.74 Å². The van der Waals surface area contributed by atoms with Crippen molar-refractivity contribution in [1.29, 1.82) is 0 Å². The van der Waals surface area contributed by atoms with Crippen molar-refractivity contribution in [3.63, 3.8) is 0 Å². The molecule has 1 unspecified atom stereocenters. The fraction of sp³-hybridized carbons (Fsp3) is 0.458. The van der Waals surface area contributed by atoms with E-state index in [9.17, 15) is 13.2 Å². The third kappa shape index (κ3) is 5.42. The molecule has 1 atom stereocenters. The summed E-state index contributed by atoms with van der Waals surface area (Å²) in [6.45, 7) is 9.67. The van der Waals surface area contributed by atoms with Crippen molar-refractivity contribution in [2.75, 3.05) is 31.5 Å². The van der Waals surface area contributed by atoms with Crippen molar-refractivity contribution in [3.8, 4) is 11.5 Å². The van der Waals surface area contributed by atoms with Crippen molar-refractivity contribution in [1.82, 2.24) is 9.21 Å². The summed E-state index contributed by atoms with van der Waals surface area (Å²) in [6.07, 6.45) is 2.02. The normalized spacial score (nSPS) is 15.1. The van der Waals surface area contributed by atoms with E-state index in [1.165, 1.54) is 4.31 Å². The molecule has 8 heteroatoms. The first kappa shape index (κ1) is 24.1. The number of aryl methyl sites for hydroxylation is 1. The molecule has 1 aliphatic rings. The minimum atomic E-state index is -3.65. The quantitative estimate of drug-likeness (QED) is 0.607. The Morgan fingerprint density at radius 3 is 2.44 bits per heavy atom. The van der Waals surface area contributed by atoms with Gasteiger partial charge in [0.15, 0.2) is 5.75 Å². The van der Waals surface area contributed by atoms with Gasteiger partial charge in [0.25, 0.3) is 0 Å². The Bertz CT molecular complexity index is 1040. The Balaban J connectivity index is 1.95. The highest BCUT2D eigenvalue weighted by molar-refractivity contribution is 7.89. The number of amides is 1. The van der Waals surface area contributed by atoms with Crippen LogP contribution in [0.1, 0.15) is 39.2 Å². The summed E-state index contributed by atoms with van der Waals surface area (Å²) in [5.74, 6) is 1.11. The first-order valence-electron chi connectivity index (χ1n) is 11.2. The standard InChI is InChI=1S/C24H33N3O4S/c1-5-27(6-2)32(29,30)21-12-13-23(31-20-11-9-10-18(3)16-20)22(17-21)25-19(4)24(28)26-14-7-8-15-26/h9-13,16-17,19,25H,5-8,14-15H2,1-4H3. The number of rotatable bonds is 9. The van der Waals surface area contributed by atoms with Crippen LogP contribution in [0.4, 0.5) is 5.69 Å². The predicted molar refractivity (Wildman–Crippen MR) is 127 cm³/mol. The van der Waals surface area contributed by atoms with Crippen LogP contribution in [-0.2, 0) is 14.8 Å². The van der Waals surface area contributed by atoms with Crippen LogP contribution in [0, 0.1) is 6.92 Å². The van der Waals surface area contributed by atoms with Gasteiger partial charge < -0.3 is 15.0 Å². The average molecular weight is 460 g/mol. The summed E-state index contributed by atoms with van der Waals surface area (Å²) in [6, 6.07) is 11.9. The van der Waals surface area contributed by atoms with Gasteiger partial charge in [-0.3, -0.25) is 4.79 Å². The molecule has 32 heavy (non-hydrogen) atoms. The zero-order valence-corrected chi connectivity index (χ0v) is 20.1. The van der Waals surface area contributed by atoms with Gasteiger partial charge >= 0.3 is 0 Å². The molecule has 7 nitrogen and oxygen atoms in total. The molecule has 1 N–H and O–H groups in total. The maximum absolute atomic E-state index is 13.1. The van der Waals surface area contributed by atoms with E-state index in [0.717, 1.165) is 31.5 Å². The van der Waals surface area contributed by atoms with Crippen molar-refractivity contribution in [2.24, 2.45) is 0 Å². The molecule has 1 aliphatic heterocycles. The summed E-state index contributed by atoms with van der Waals surface area (Å²) in [4.78, 5) is 14.9. The van der Waals surface area contributed by atoms with Gasteiger partial charge in [0, 0.05) is 26.2 Å². The lowest BCUT2D eigenvalue weighted by atomic mass is 10.2. The number of nitrogens with one attached hydrogen (secondary N) is 1. The van der Waals surface area contributed by atoms with E-state index in [1.54, 1.807) is 25.1 Å². The molecule has 0 bridgehead atoms. The average Bonchev–Trinajstić information content (AvgIpc) is 3.30. The van der Waals surface area contributed by atoms with Crippen molar-refractivity contribution in [2.45, 2.75) is 51.5 Å². The van der Waals surface area contributed by atoms with Gasteiger partial charge in [-0.05, 0) is 62.6 Å². The van der Waals surface area contributed by atoms with Crippen LogP contribution in [0.5, 0.6) is 11.5 Å². The van der Waals surface area contributed by atoms with Crippen molar-refractivity contribution in [3.05, 3.63) is 48.0 Å². The summed E-state index contributed by atoms with van der Waals surface area (Å²) < 4.78 is 33.6. The van der Waals surface area contributed by atoms with Crippen LogP contribution in [0.2, 0.25) is 0 Å². The van der Waals surface area contributed by atoms with Crippen LogP contribution in [0.3, 0.4) is 0 Å². The molecule has 2 aromatic carbocycles. The number of sulfonamides is 1. The molecule has 0 aromatic heterocycles. The van der Waals surface area contributed by atoms with Gasteiger partial charge in [-0.25, -0.2) is 8.42 Å². The Morgan fingerprint density at radius 1 is 1.12 bits per heavy atom. The smallest absolute Gasteiger partial charge is 0.244 e. The van der Waals surface area contributed by atoms with Crippen molar-refractivity contribution < 1.29 is 17.9 Å². The number of likely N-dealkylation sites (tertiary alicyclic amines) is 1. The van der Waals surface area contributed by atoms with E-state index in [-0.39, 0.29) is 10.8 Å². The zero-order chi connectivity index (χ0) is 23.3. The molecule has 0 radical (unpaired) electrons. The molecule has 1 saturated heterocycles. The Morgan fingerprint density at radius 2 is 1.81 bits per heavy atom. The van der Waals surface area contributed by atoms with Gasteiger partial charge in [0.05, 0.1) is 10.6 Å². The summed E-state index contributed by atoms with van der Waals surface area (Å²) in [5, 5.41) is 3.21. The Hall–Kier alpha value is -2.58. The number of anilines is 1. The monoisotopic (exact) mass is 459 g/mol. The highest BCUT2D eigenvalue weighted by Crippen LogP contribution is 2.33. The molecular weight excluding hydrogens is 426 g/mol. The molecular formula is C24H33N3O4S. The molecule has 0 aliphatic carbocycles. The second-order valence-corrected chi connectivity index (χ2v) is 10.0. The molecule has 174 valence electrons. The first-order chi connectivity index (χ1) is 15.3. The van der Waals surface area contributed by atoms with Gasteiger partial charge in [-0.2, -0.15) is 4.31 Å². The van der Waals surface area contributed by atoms with E-state index in [1.807, 2.05) is 49.9 Å².